The summed E-state index contributed by atoms with van der Waals surface area (Å²) in [7, 11) is -3.23. The first-order valence-electron chi connectivity index (χ1n) is 4.98. The summed E-state index contributed by atoms with van der Waals surface area (Å²) < 4.78 is 23.2. The first-order valence-corrected chi connectivity index (χ1v) is 6.87. The third-order valence-electron chi connectivity index (χ3n) is 2.65. The third kappa shape index (κ3) is 2.07. The van der Waals surface area contributed by atoms with Crippen molar-refractivity contribution in [3.63, 3.8) is 0 Å². The van der Waals surface area contributed by atoms with Crippen molar-refractivity contribution in [2.75, 3.05) is 6.26 Å². The summed E-state index contributed by atoms with van der Waals surface area (Å²) >= 11 is 0. The SMILES string of the molecule is CS(=O)(=O)c1ccccc1C1C=CC(=O)C1. The molecule has 0 radical (unpaired) electrons. The van der Waals surface area contributed by atoms with Crippen LogP contribution in [-0.2, 0) is 14.6 Å². The van der Waals surface area contributed by atoms with Gasteiger partial charge in [-0.15, -0.1) is 0 Å². The van der Waals surface area contributed by atoms with E-state index >= 15 is 0 Å². The molecule has 84 valence electrons. The highest BCUT2D eigenvalue weighted by atomic mass is 32.2. The van der Waals surface area contributed by atoms with Crippen molar-refractivity contribution in [2.24, 2.45) is 0 Å². The van der Waals surface area contributed by atoms with E-state index in [9.17, 15) is 13.2 Å². The predicted octanol–water partition coefficient (Wildman–Crippen LogP) is 1.70. The number of sulfone groups is 1. The highest BCUT2D eigenvalue weighted by molar-refractivity contribution is 7.90. The zero-order valence-electron chi connectivity index (χ0n) is 8.88. The molecule has 0 saturated carbocycles. The third-order valence-corrected chi connectivity index (χ3v) is 3.82. The van der Waals surface area contributed by atoms with Crippen LogP contribution in [0.4, 0.5) is 0 Å². The molecule has 0 aliphatic heterocycles. The van der Waals surface area contributed by atoms with E-state index in [1.807, 2.05) is 0 Å². The van der Waals surface area contributed by atoms with Crippen LogP contribution in [0.1, 0.15) is 17.9 Å². The number of carbonyl (C=O) groups excluding carboxylic acids is 1. The molecule has 1 aromatic rings. The molecule has 0 heterocycles. The van der Waals surface area contributed by atoms with Crippen LogP contribution in [0, 0.1) is 0 Å². The van der Waals surface area contributed by atoms with E-state index in [-0.39, 0.29) is 11.7 Å². The zero-order valence-corrected chi connectivity index (χ0v) is 9.70. The number of benzene rings is 1. The van der Waals surface area contributed by atoms with Gasteiger partial charge in [-0.1, -0.05) is 24.3 Å². The lowest BCUT2D eigenvalue weighted by Crippen LogP contribution is -2.05. The number of hydrogen-bond acceptors (Lipinski definition) is 3. The molecule has 1 aliphatic rings. The fraction of sp³-hybridized carbons (Fsp3) is 0.250. The van der Waals surface area contributed by atoms with Crippen LogP contribution >= 0.6 is 0 Å². The lowest BCUT2D eigenvalue weighted by Gasteiger charge is -2.11. The maximum Gasteiger partial charge on any atom is 0.175 e. The van der Waals surface area contributed by atoms with Crippen LogP contribution < -0.4 is 0 Å². The Kier molecular flexibility index (Phi) is 2.68. The fourth-order valence-corrected chi connectivity index (χ4v) is 2.89. The Hall–Kier alpha value is -1.42. The molecule has 16 heavy (non-hydrogen) atoms. The summed E-state index contributed by atoms with van der Waals surface area (Å²) in [5, 5.41) is 0. The second-order valence-corrected chi connectivity index (χ2v) is 5.93. The Bertz CT molecular complexity index is 555. The number of ketones is 1. The summed E-state index contributed by atoms with van der Waals surface area (Å²) in [5.74, 6) is -0.0493. The van der Waals surface area contributed by atoms with E-state index < -0.39 is 9.84 Å². The maximum absolute atomic E-state index is 11.6. The van der Waals surface area contributed by atoms with Crippen molar-refractivity contribution in [1.29, 1.82) is 0 Å². The first-order chi connectivity index (χ1) is 7.48. The van der Waals surface area contributed by atoms with Crippen molar-refractivity contribution >= 4 is 15.6 Å². The summed E-state index contributed by atoms with van der Waals surface area (Å²) in [4.78, 5) is 11.5. The van der Waals surface area contributed by atoms with Gasteiger partial charge in [-0.05, 0) is 17.7 Å². The molecule has 1 atom stereocenters. The lowest BCUT2D eigenvalue weighted by atomic mass is 9.99. The van der Waals surface area contributed by atoms with Gasteiger partial charge in [0.2, 0.25) is 0 Å². The van der Waals surface area contributed by atoms with E-state index in [1.165, 1.54) is 12.3 Å². The molecule has 0 spiro atoms. The van der Waals surface area contributed by atoms with Crippen molar-refractivity contribution < 1.29 is 13.2 Å². The minimum absolute atomic E-state index is 0.0494. The molecule has 4 heteroatoms. The van der Waals surface area contributed by atoms with Gasteiger partial charge in [-0.3, -0.25) is 4.79 Å². The van der Waals surface area contributed by atoms with Crippen molar-refractivity contribution in [1.82, 2.24) is 0 Å². The van der Waals surface area contributed by atoms with Gasteiger partial charge in [0.25, 0.3) is 0 Å². The van der Waals surface area contributed by atoms with E-state index in [0.29, 0.717) is 16.9 Å². The van der Waals surface area contributed by atoms with Crippen molar-refractivity contribution in [3.05, 3.63) is 42.0 Å². The molecule has 0 fully saturated rings. The number of rotatable bonds is 2. The molecule has 0 aromatic heterocycles. The van der Waals surface area contributed by atoms with Crippen LogP contribution in [0.2, 0.25) is 0 Å². The lowest BCUT2D eigenvalue weighted by molar-refractivity contribution is -0.114. The average molecular weight is 236 g/mol. The average Bonchev–Trinajstić information content (AvgIpc) is 2.64. The van der Waals surface area contributed by atoms with Crippen molar-refractivity contribution in [3.8, 4) is 0 Å². The normalized spacial score (nSPS) is 20.3. The first kappa shape index (κ1) is 11.1. The van der Waals surface area contributed by atoms with E-state index in [4.69, 9.17) is 0 Å². The second-order valence-electron chi connectivity index (χ2n) is 3.95. The van der Waals surface area contributed by atoms with Crippen LogP contribution in [0.5, 0.6) is 0 Å². The monoisotopic (exact) mass is 236 g/mol. The topological polar surface area (TPSA) is 51.2 Å². The number of allylic oxidation sites excluding steroid dienone is 2. The largest absolute Gasteiger partial charge is 0.295 e. The van der Waals surface area contributed by atoms with Gasteiger partial charge in [0.1, 0.15) is 0 Å². The van der Waals surface area contributed by atoms with Crippen LogP contribution in [-0.4, -0.2) is 20.5 Å². The molecule has 0 amide bonds. The highest BCUT2D eigenvalue weighted by Crippen LogP contribution is 2.31. The maximum atomic E-state index is 11.6. The Morgan fingerprint density at radius 1 is 1.25 bits per heavy atom. The number of carbonyl (C=O) groups is 1. The number of hydrogen-bond donors (Lipinski definition) is 0. The van der Waals surface area contributed by atoms with Gasteiger partial charge in [-0.25, -0.2) is 8.42 Å². The van der Waals surface area contributed by atoms with Gasteiger partial charge in [0.15, 0.2) is 15.6 Å². The summed E-state index contributed by atoms with van der Waals surface area (Å²) in [6, 6.07) is 6.84. The molecule has 1 unspecified atom stereocenters. The highest BCUT2D eigenvalue weighted by Gasteiger charge is 2.23. The Labute approximate surface area is 94.7 Å². The van der Waals surface area contributed by atoms with Gasteiger partial charge in [0.05, 0.1) is 4.90 Å². The summed E-state index contributed by atoms with van der Waals surface area (Å²) in [5.41, 5.74) is 0.715. The standard InChI is InChI=1S/C12H12O3S/c1-16(14,15)12-5-3-2-4-11(12)9-6-7-10(13)8-9/h2-7,9H,8H2,1H3. The Balaban J connectivity index is 2.50. The van der Waals surface area contributed by atoms with Crippen molar-refractivity contribution in [2.45, 2.75) is 17.2 Å². The zero-order chi connectivity index (χ0) is 11.8. The van der Waals surface area contributed by atoms with Crippen LogP contribution in [0.25, 0.3) is 0 Å². The minimum Gasteiger partial charge on any atom is -0.295 e. The molecule has 0 saturated heterocycles. The quantitative estimate of drug-likeness (QED) is 0.785. The molecular formula is C12H12O3S. The van der Waals surface area contributed by atoms with Gasteiger partial charge in [-0.2, -0.15) is 0 Å². The van der Waals surface area contributed by atoms with Crippen LogP contribution in [0.3, 0.4) is 0 Å². The van der Waals surface area contributed by atoms with Gasteiger partial charge in [0, 0.05) is 18.6 Å². The fourth-order valence-electron chi connectivity index (χ4n) is 1.91. The predicted molar refractivity (Wildman–Crippen MR) is 61.1 cm³/mol. The molecule has 0 bridgehead atoms. The smallest absolute Gasteiger partial charge is 0.175 e. The molecule has 1 aromatic carbocycles. The van der Waals surface area contributed by atoms with Gasteiger partial charge < -0.3 is 0 Å². The van der Waals surface area contributed by atoms with E-state index in [0.717, 1.165) is 0 Å². The van der Waals surface area contributed by atoms with E-state index in [2.05, 4.69) is 0 Å². The summed E-state index contributed by atoms with van der Waals surface area (Å²) in [6.07, 6.45) is 4.84. The molecule has 2 rings (SSSR count). The Morgan fingerprint density at radius 3 is 2.50 bits per heavy atom. The molecule has 1 aliphatic carbocycles. The molecule has 0 N–H and O–H groups in total. The van der Waals surface area contributed by atoms with Crippen LogP contribution in [0.15, 0.2) is 41.3 Å². The van der Waals surface area contributed by atoms with Gasteiger partial charge >= 0.3 is 0 Å². The Morgan fingerprint density at radius 2 is 1.94 bits per heavy atom. The minimum atomic E-state index is -3.23. The second kappa shape index (κ2) is 3.87. The summed E-state index contributed by atoms with van der Waals surface area (Å²) in [6.45, 7) is 0. The molecule has 3 nitrogen and oxygen atoms in total. The molecular weight excluding hydrogens is 224 g/mol. The van der Waals surface area contributed by atoms with E-state index in [1.54, 1.807) is 30.3 Å².